The van der Waals surface area contributed by atoms with Crippen molar-refractivity contribution in [3.05, 3.63) is 65.7 Å². The average Bonchev–Trinajstić information content (AvgIpc) is 3.12. The molecule has 1 heterocycles. The first-order chi connectivity index (χ1) is 13.8. The zero-order chi connectivity index (χ0) is 21.0. The van der Waals surface area contributed by atoms with Crippen molar-refractivity contribution in [3.8, 4) is 0 Å². The van der Waals surface area contributed by atoms with Gasteiger partial charge in [0.15, 0.2) is 0 Å². The van der Waals surface area contributed by atoms with Crippen molar-refractivity contribution in [1.29, 1.82) is 0 Å². The van der Waals surface area contributed by atoms with E-state index in [1.165, 1.54) is 24.2 Å². The Hall–Kier alpha value is -3.06. The van der Waals surface area contributed by atoms with E-state index >= 15 is 0 Å². The number of anilines is 2. The molecule has 0 aromatic heterocycles. The van der Waals surface area contributed by atoms with Crippen LogP contribution in [0.3, 0.4) is 0 Å². The smallest absolute Gasteiger partial charge is 0.331 e. The number of hydrogen-bond acceptors (Lipinski definition) is 4. The van der Waals surface area contributed by atoms with Gasteiger partial charge in [-0.1, -0.05) is 18.2 Å². The van der Waals surface area contributed by atoms with E-state index in [9.17, 15) is 14.4 Å². The molecule has 2 N–H and O–H groups in total. The predicted octanol–water partition coefficient (Wildman–Crippen LogP) is 3.73. The number of amides is 2. The van der Waals surface area contributed by atoms with Gasteiger partial charge in [0, 0.05) is 34.5 Å². The molecule has 1 aliphatic rings. The van der Waals surface area contributed by atoms with E-state index in [1.807, 2.05) is 42.2 Å². The summed E-state index contributed by atoms with van der Waals surface area (Å²) in [6.07, 6.45) is 1.92. The molecule has 1 atom stereocenters. The van der Waals surface area contributed by atoms with Gasteiger partial charge >= 0.3 is 5.97 Å². The van der Waals surface area contributed by atoms with Gasteiger partial charge in [-0.3, -0.25) is 9.59 Å². The number of nitrogens with zero attached hydrogens (tertiary/aromatic N) is 1. The molecule has 3 rings (SSSR count). The van der Waals surface area contributed by atoms with Gasteiger partial charge < -0.3 is 15.3 Å². The Morgan fingerprint density at radius 2 is 1.83 bits per heavy atom. The molecule has 0 bridgehead atoms. The summed E-state index contributed by atoms with van der Waals surface area (Å²) in [5, 5.41) is 11.2. The minimum Gasteiger partial charge on any atom is -0.478 e. The van der Waals surface area contributed by atoms with Crippen LogP contribution in [-0.2, 0) is 20.8 Å². The van der Waals surface area contributed by atoms with E-state index in [4.69, 9.17) is 5.11 Å². The van der Waals surface area contributed by atoms with Crippen LogP contribution < -0.4 is 10.2 Å². The molecule has 2 amide bonds. The van der Waals surface area contributed by atoms with Crippen LogP contribution in [0.1, 0.15) is 19.4 Å². The topological polar surface area (TPSA) is 86.7 Å². The third kappa shape index (κ3) is 5.06. The Morgan fingerprint density at radius 3 is 2.52 bits per heavy atom. The van der Waals surface area contributed by atoms with Gasteiger partial charge in [-0.2, -0.15) is 0 Å². The summed E-state index contributed by atoms with van der Waals surface area (Å²) < 4.78 is 0. The first-order valence-corrected chi connectivity index (χ1v) is 10.1. The number of aliphatic carboxylic acids is 1. The fourth-order valence-corrected chi connectivity index (χ4v) is 4.02. The number of benzene rings is 2. The molecule has 1 unspecified atom stereocenters. The van der Waals surface area contributed by atoms with Crippen LogP contribution in [-0.4, -0.2) is 34.7 Å². The Balaban J connectivity index is 1.60. The van der Waals surface area contributed by atoms with E-state index in [0.29, 0.717) is 12.2 Å². The van der Waals surface area contributed by atoms with Gasteiger partial charge in [-0.05, 0) is 56.2 Å². The summed E-state index contributed by atoms with van der Waals surface area (Å²) in [7, 11) is 0. The number of nitrogens with one attached hydrogen (secondary N) is 1. The number of thioether (sulfide) groups is 1. The molecule has 7 heteroatoms. The number of carbonyl (C=O) groups excluding carboxylic acids is 2. The number of carboxylic acids is 1. The molecular weight excluding hydrogens is 388 g/mol. The van der Waals surface area contributed by atoms with E-state index in [0.717, 1.165) is 23.1 Å². The lowest BCUT2D eigenvalue weighted by Gasteiger charge is -2.21. The van der Waals surface area contributed by atoms with Gasteiger partial charge in [-0.15, -0.1) is 11.8 Å². The quantitative estimate of drug-likeness (QED) is 0.560. The van der Waals surface area contributed by atoms with E-state index < -0.39 is 11.9 Å². The minimum atomic E-state index is -1.13. The van der Waals surface area contributed by atoms with Crippen molar-refractivity contribution >= 4 is 40.9 Å². The molecule has 2 aromatic rings. The van der Waals surface area contributed by atoms with E-state index in [1.54, 1.807) is 12.1 Å². The molecular formula is C22H22N2O4S. The maximum absolute atomic E-state index is 12.9. The number of carbonyl (C=O) groups is 3. The normalized spacial score (nSPS) is 14.3. The summed E-state index contributed by atoms with van der Waals surface area (Å²) in [6, 6.07) is 15.1. The van der Waals surface area contributed by atoms with Gasteiger partial charge in [0.25, 0.3) is 0 Å². The summed E-state index contributed by atoms with van der Waals surface area (Å²) in [4.78, 5) is 38.2. The molecule has 29 heavy (non-hydrogen) atoms. The van der Waals surface area contributed by atoms with Crippen LogP contribution in [0.4, 0.5) is 11.4 Å². The molecule has 0 saturated carbocycles. The van der Waals surface area contributed by atoms with Crippen LogP contribution in [0.2, 0.25) is 0 Å². The molecule has 0 spiro atoms. The summed E-state index contributed by atoms with van der Waals surface area (Å²) in [5.41, 5.74) is 2.71. The van der Waals surface area contributed by atoms with Crippen LogP contribution in [0, 0.1) is 0 Å². The lowest BCUT2D eigenvalue weighted by Crippen LogP contribution is -2.35. The Bertz CT molecular complexity index is 969. The van der Waals surface area contributed by atoms with Crippen molar-refractivity contribution in [2.24, 2.45) is 0 Å². The largest absolute Gasteiger partial charge is 0.478 e. The maximum Gasteiger partial charge on any atom is 0.331 e. The molecule has 150 valence electrons. The van der Waals surface area contributed by atoms with E-state index in [-0.39, 0.29) is 16.7 Å². The molecule has 0 saturated heterocycles. The highest BCUT2D eigenvalue weighted by molar-refractivity contribution is 8.00. The summed E-state index contributed by atoms with van der Waals surface area (Å²) in [5.74, 6) is -1.56. The van der Waals surface area contributed by atoms with E-state index in [2.05, 4.69) is 11.4 Å². The van der Waals surface area contributed by atoms with Crippen molar-refractivity contribution in [3.63, 3.8) is 0 Å². The third-order valence-electron chi connectivity index (χ3n) is 4.62. The Labute approximate surface area is 173 Å². The van der Waals surface area contributed by atoms with Crippen LogP contribution in [0.25, 0.3) is 0 Å². The number of rotatable bonds is 6. The van der Waals surface area contributed by atoms with Crippen LogP contribution >= 0.6 is 11.8 Å². The first kappa shape index (κ1) is 20.7. The third-order valence-corrected chi connectivity index (χ3v) is 5.72. The van der Waals surface area contributed by atoms with Crippen molar-refractivity contribution in [2.75, 3.05) is 16.8 Å². The second-order valence-corrected chi connectivity index (χ2v) is 8.19. The second kappa shape index (κ2) is 8.96. The lowest BCUT2D eigenvalue weighted by atomic mass is 10.2. The van der Waals surface area contributed by atoms with Gasteiger partial charge in [0.1, 0.15) is 0 Å². The molecule has 2 aromatic carbocycles. The Morgan fingerprint density at radius 1 is 1.14 bits per heavy atom. The fraction of sp³-hybridized carbons (Fsp3) is 0.227. The zero-order valence-corrected chi connectivity index (χ0v) is 17.0. The first-order valence-electron chi connectivity index (χ1n) is 9.23. The lowest BCUT2D eigenvalue weighted by molar-refractivity contribution is -0.132. The minimum absolute atomic E-state index is 0.0366. The zero-order valence-electron chi connectivity index (χ0n) is 16.2. The van der Waals surface area contributed by atoms with Crippen molar-refractivity contribution < 1.29 is 19.5 Å². The summed E-state index contributed by atoms with van der Waals surface area (Å²) >= 11 is 1.46. The highest BCUT2D eigenvalue weighted by Crippen LogP contribution is 2.32. The standard InChI is InChI=1S/C22H22N2O4S/c1-14(22(27)28)13-20(25)23-17-7-9-18(10-8-17)29-15(2)21(26)24-12-11-16-5-3-4-6-19(16)24/h3-10,13,15H,11-12H2,1-2H3,(H,23,25)(H,27,28). The monoisotopic (exact) mass is 410 g/mol. The molecule has 0 fully saturated rings. The van der Waals surface area contributed by atoms with Gasteiger partial charge in [-0.25, -0.2) is 4.79 Å². The Kier molecular flexibility index (Phi) is 6.39. The number of carboxylic acid groups (broad SMARTS) is 1. The predicted molar refractivity (Wildman–Crippen MR) is 114 cm³/mol. The fourth-order valence-electron chi connectivity index (χ4n) is 3.09. The number of para-hydroxylation sites is 1. The number of hydrogen-bond donors (Lipinski definition) is 2. The summed E-state index contributed by atoms with van der Waals surface area (Å²) in [6.45, 7) is 3.96. The molecule has 1 aliphatic heterocycles. The maximum atomic E-state index is 12.9. The molecule has 0 aliphatic carbocycles. The second-order valence-electron chi connectivity index (χ2n) is 6.77. The van der Waals surface area contributed by atoms with Crippen molar-refractivity contribution in [2.45, 2.75) is 30.4 Å². The number of fused-ring (bicyclic) bond motifs is 1. The van der Waals surface area contributed by atoms with Crippen LogP contribution in [0.15, 0.2) is 65.1 Å². The van der Waals surface area contributed by atoms with Crippen LogP contribution in [0.5, 0.6) is 0 Å². The molecule has 6 nitrogen and oxygen atoms in total. The molecule has 0 radical (unpaired) electrons. The highest BCUT2D eigenvalue weighted by Gasteiger charge is 2.28. The van der Waals surface area contributed by atoms with Gasteiger partial charge in [0.05, 0.1) is 5.25 Å². The van der Waals surface area contributed by atoms with Gasteiger partial charge in [0.2, 0.25) is 11.8 Å². The van der Waals surface area contributed by atoms with Crippen molar-refractivity contribution in [1.82, 2.24) is 0 Å². The highest BCUT2D eigenvalue weighted by atomic mass is 32.2. The average molecular weight is 410 g/mol. The SMILES string of the molecule is CC(=CC(=O)Nc1ccc(SC(C)C(=O)N2CCc3ccccc32)cc1)C(=O)O.